The number of rotatable bonds is 6. The molecule has 0 bridgehead atoms. The monoisotopic (exact) mass is 415 g/mol. The summed E-state index contributed by atoms with van der Waals surface area (Å²) in [7, 11) is 2.05. The van der Waals surface area contributed by atoms with Crippen molar-refractivity contribution in [3.63, 3.8) is 0 Å². The Bertz CT molecular complexity index is 1040. The Morgan fingerprint density at radius 2 is 1.80 bits per heavy atom. The molecule has 2 aromatic carbocycles. The van der Waals surface area contributed by atoms with E-state index in [2.05, 4.69) is 72.6 Å². The minimum atomic E-state index is -0.176. The van der Waals surface area contributed by atoms with Gasteiger partial charge in [-0.25, -0.2) is 0 Å². The van der Waals surface area contributed by atoms with Gasteiger partial charge in [0.2, 0.25) is 0 Å². The number of nitriles is 1. The Morgan fingerprint density at radius 1 is 1.07 bits per heavy atom. The molecule has 0 amide bonds. The lowest BCUT2D eigenvalue weighted by molar-refractivity contribution is 0.343. The fourth-order valence-electron chi connectivity index (χ4n) is 4.35. The molecule has 1 saturated heterocycles. The molecule has 2 heterocycles. The summed E-state index contributed by atoms with van der Waals surface area (Å²) in [6.07, 6.45) is 2.60. The van der Waals surface area contributed by atoms with Crippen LogP contribution in [-0.4, -0.2) is 20.1 Å². The summed E-state index contributed by atoms with van der Waals surface area (Å²) in [4.78, 5) is 4.98. The van der Waals surface area contributed by atoms with E-state index in [0.717, 1.165) is 5.56 Å². The predicted octanol–water partition coefficient (Wildman–Crippen LogP) is 6.13. The van der Waals surface area contributed by atoms with Crippen molar-refractivity contribution in [1.82, 2.24) is 5.32 Å². The summed E-state index contributed by atoms with van der Waals surface area (Å²) in [5.74, 6) is 0.312. The summed E-state index contributed by atoms with van der Waals surface area (Å²) in [6, 6.07) is 23.6. The van der Waals surface area contributed by atoms with Gasteiger partial charge in [-0.05, 0) is 74.3 Å². The van der Waals surface area contributed by atoms with Crippen molar-refractivity contribution < 1.29 is 0 Å². The summed E-state index contributed by atoms with van der Waals surface area (Å²) in [5.41, 5.74) is 4.31. The Labute approximate surface area is 184 Å². The number of thiophene rings is 1. The van der Waals surface area contributed by atoms with Crippen molar-refractivity contribution in [2.45, 2.75) is 38.1 Å². The molecule has 1 aromatic heterocycles. The summed E-state index contributed by atoms with van der Waals surface area (Å²) in [5, 5.41) is 12.8. The molecule has 1 fully saturated rings. The highest BCUT2D eigenvalue weighted by Gasteiger charge is 2.34. The zero-order valence-electron chi connectivity index (χ0n) is 18.0. The number of anilines is 1. The third-order valence-corrected chi connectivity index (χ3v) is 8.02. The molecule has 30 heavy (non-hydrogen) atoms. The summed E-state index contributed by atoms with van der Waals surface area (Å²) >= 11 is 1.80. The van der Waals surface area contributed by atoms with Gasteiger partial charge in [-0.2, -0.15) is 5.26 Å². The van der Waals surface area contributed by atoms with E-state index in [4.69, 9.17) is 0 Å². The van der Waals surface area contributed by atoms with Crippen molar-refractivity contribution in [1.29, 1.82) is 5.26 Å². The van der Waals surface area contributed by atoms with Gasteiger partial charge in [-0.1, -0.05) is 31.2 Å². The second-order valence-corrected chi connectivity index (χ2v) is 9.40. The van der Waals surface area contributed by atoms with Crippen LogP contribution in [0.15, 0.2) is 60.7 Å². The molecule has 2 atom stereocenters. The molecule has 4 rings (SSSR count). The second kappa shape index (κ2) is 8.63. The largest absolute Gasteiger partial charge is 0.372 e. The first-order valence-corrected chi connectivity index (χ1v) is 11.5. The third kappa shape index (κ3) is 3.88. The molecule has 4 heteroatoms. The smallest absolute Gasteiger partial charge is 0.0991 e. The van der Waals surface area contributed by atoms with Gasteiger partial charge in [0.1, 0.15) is 0 Å². The van der Waals surface area contributed by atoms with Crippen LogP contribution in [0.1, 0.15) is 48.6 Å². The highest BCUT2D eigenvalue weighted by atomic mass is 32.1. The van der Waals surface area contributed by atoms with E-state index < -0.39 is 0 Å². The van der Waals surface area contributed by atoms with E-state index in [1.54, 1.807) is 11.3 Å². The Hall–Kier alpha value is -2.61. The fourth-order valence-corrected chi connectivity index (χ4v) is 5.59. The van der Waals surface area contributed by atoms with Gasteiger partial charge in [0, 0.05) is 34.4 Å². The normalized spacial score (nSPS) is 16.8. The van der Waals surface area contributed by atoms with Crippen molar-refractivity contribution in [2.75, 3.05) is 25.0 Å². The quantitative estimate of drug-likeness (QED) is 0.527. The van der Waals surface area contributed by atoms with Crippen LogP contribution in [0.4, 0.5) is 5.69 Å². The van der Waals surface area contributed by atoms with Crippen molar-refractivity contribution >= 4 is 17.0 Å². The number of nitrogens with zero attached hydrogens (tertiary/aromatic N) is 2. The van der Waals surface area contributed by atoms with Gasteiger partial charge in [0.25, 0.3) is 0 Å². The Morgan fingerprint density at radius 3 is 2.47 bits per heavy atom. The maximum Gasteiger partial charge on any atom is 0.0991 e. The van der Waals surface area contributed by atoms with E-state index in [1.165, 1.54) is 46.9 Å². The topological polar surface area (TPSA) is 39.1 Å². The van der Waals surface area contributed by atoms with E-state index >= 15 is 0 Å². The molecular weight excluding hydrogens is 386 g/mol. The van der Waals surface area contributed by atoms with E-state index in [9.17, 15) is 5.26 Å². The van der Waals surface area contributed by atoms with Crippen molar-refractivity contribution in [2.24, 2.45) is 0 Å². The number of likely N-dealkylation sites (N-methyl/N-ethyl adjacent to an activating group) is 1. The predicted molar refractivity (Wildman–Crippen MR) is 127 cm³/mol. The number of nitrogens with one attached hydrogen (secondary N) is 1. The average molecular weight is 416 g/mol. The highest BCUT2D eigenvalue weighted by Crippen LogP contribution is 2.42. The van der Waals surface area contributed by atoms with Crippen LogP contribution in [0.25, 0.3) is 10.4 Å². The molecule has 1 N–H and O–H groups in total. The van der Waals surface area contributed by atoms with Crippen LogP contribution in [0.5, 0.6) is 0 Å². The molecule has 0 aliphatic carbocycles. The first-order valence-electron chi connectivity index (χ1n) is 10.7. The molecule has 1 aliphatic heterocycles. The second-order valence-electron chi connectivity index (χ2n) is 8.32. The highest BCUT2D eigenvalue weighted by molar-refractivity contribution is 7.15. The maximum absolute atomic E-state index is 9.21. The first kappa shape index (κ1) is 20.7. The molecule has 1 aliphatic rings. The first-order chi connectivity index (χ1) is 14.5. The fraction of sp³-hybridized carbons (Fsp3) is 0.346. The maximum atomic E-state index is 9.21. The van der Waals surface area contributed by atoms with Gasteiger partial charge < -0.3 is 10.2 Å². The molecule has 2 unspecified atom stereocenters. The van der Waals surface area contributed by atoms with E-state index in [-0.39, 0.29) is 5.54 Å². The van der Waals surface area contributed by atoms with E-state index in [0.29, 0.717) is 11.5 Å². The van der Waals surface area contributed by atoms with Gasteiger partial charge in [0.15, 0.2) is 0 Å². The molecule has 154 valence electrons. The van der Waals surface area contributed by atoms with Crippen LogP contribution < -0.4 is 10.2 Å². The van der Waals surface area contributed by atoms with Gasteiger partial charge in [-0.15, -0.1) is 11.3 Å². The van der Waals surface area contributed by atoms with Crippen LogP contribution in [0.3, 0.4) is 0 Å². The molecule has 3 nitrogen and oxygen atoms in total. The molecule has 3 aromatic rings. The minimum absolute atomic E-state index is 0.176. The van der Waals surface area contributed by atoms with E-state index in [1.807, 2.05) is 25.2 Å². The molecule has 0 radical (unpaired) electrons. The number of hydrogen-bond donors (Lipinski definition) is 1. The lowest BCUT2D eigenvalue weighted by Gasteiger charge is -2.35. The number of hydrogen-bond acceptors (Lipinski definition) is 4. The lowest BCUT2D eigenvalue weighted by Crippen LogP contribution is -2.40. The Balaban J connectivity index is 1.60. The standard InChI is InChI=1S/C26H29N3S/c1-19(21-9-11-23(12-10-21)29-15-4-5-16-29)26(2,28-3)25-14-13-24(30-25)22-8-6-7-20(17-22)18-27/h6-14,17,19,28H,4-5,15-16H2,1-3H3. The van der Waals surface area contributed by atoms with Gasteiger partial charge in [0.05, 0.1) is 17.2 Å². The van der Waals surface area contributed by atoms with Crippen molar-refractivity contribution in [3.05, 3.63) is 76.7 Å². The third-order valence-electron chi connectivity index (χ3n) is 6.64. The molecular formula is C26H29N3S. The minimum Gasteiger partial charge on any atom is -0.372 e. The number of benzene rings is 2. The summed E-state index contributed by atoms with van der Waals surface area (Å²) < 4.78 is 0. The zero-order chi connectivity index (χ0) is 21.1. The van der Waals surface area contributed by atoms with Crippen LogP contribution in [0.2, 0.25) is 0 Å². The van der Waals surface area contributed by atoms with Crippen molar-refractivity contribution in [3.8, 4) is 16.5 Å². The molecule has 0 spiro atoms. The van der Waals surface area contributed by atoms with Crippen LogP contribution in [0, 0.1) is 11.3 Å². The average Bonchev–Trinajstić information content (AvgIpc) is 3.51. The SMILES string of the molecule is CNC(C)(c1ccc(-c2cccc(C#N)c2)s1)C(C)c1ccc(N2CCCC2)cc1. The van der Waals surface area contributed by atoms with Gasteiger partial charge >= 0.3 is 0 Å². The van der Waals surface area contributed by atoms with Gasteiger partial charge in [-0.3, -0.25) is 0 Å². The Kier molecular flexibility index (Phi) is 5.94. The van der Waals surface area contributed by atoms with Crippen LogP contribution >= 0.6 is 11.3 Å². The zero-order valence-corrected chi connectivity index (χ0v) is 18.8. The molecule has 0 saturated carbocycles. The van der Waals surface area contributed by atoms with Crippen LogP contribution in [-0.2, 0) is 5.54 Å². The summed E-state index contributed by atoms with van der Waals surface area (Å²) in [6.45, 7) is 6.94. The lowest BCUT2D eigenvalue weighted by atomic mass is 9.80.